The summed E-state index contributed by atoms with van der Waals surface area (Å²) in [6, 6.07) is 4.22. The number of thiophene rings is 1. The van der Waals surface area contributed by atoms with E-state index >= 15 is 0 Å². The summed E-state index contributed by atoms with van der Waals surface area (Å²) in [5.41, 5.74) is 7.88. The minimum atomic E-state index is 0.135. The average molecular weight is 212 g/mol. The minimum absolute atomic E-state index is 0.135. The first-order chi connectivity index (χ1) is 6.77. The van der Waals surface area contributed by atoms with Gasteiger partial charge in [-0.25, -0.2) is 10.8 Å². The SMILES string of the molecule is CCCC(N=C(N)NN)c1cccs1. The standard InChI is InChI=1S/C9H16N4S/c1-2-4-7(12-9(10)13-11)8-5-3-6-14-8/h3,5-7H,2,4,11H2,1H3,(H3,10,12,13). The molecule has 0 aliphatic heterocycles. The summed E-state index contributed by atoms with van der Waals surface area (Å²) in [5, 5.41) is 2.04. The quantitative estimate of drug-likeness (QED) is 0.305. The van der Waals surface area contributed by atoms with Crippen molar-refractivity contribution in [3.63, 3.8) is 0 Å². The van der Waals surface area contributed by atoms with Gasteiger partial charge in [-0.3, -0.25) is 5.43 Å². The molecule has 0 radical (unpaired) electrons. The molecular formula is C9H16N4S. The molecule has 0 aromatic carbocycles. The summed E-state index contributed by atoms with van der Waals surface area (Å²) < 4.78 is 0. The van der Waals surface area contributed by atoms with Gasteiger partial charge in [0.05, 0.1) is 6.04 Å². The van der Waals surface area contributed by atoms with Crippen molar-refractivity contribution in [2.24, 2.45) is 16.6 Å². The number of hydrogen-bond donors (Lipinski definition) is 3. The Balaban J connectivity index is 2.75. The lowest BCUT2D eigenvalue weighted by molar-refractivity contribution is 0.645. The Bertz CT molecular complexity index is 281. The van der Waals surface area contributed by atoms with Gasteiger partial charge in [0.25, 0.3) is 0 Å². The molecule has 4 nitrogen and oxygen atoms in total. The number of nitrogens with zero attached hydrogens (tertiary/aromatic N) is 1. The van der Waals surface area contributed by atoms with Crippen LogP contribution in [0.1, 0.15) is 30.7 Å². The molecule has 1 heterocycles. The van der Waals surface area contributed by atoms with Crippen molar-refractivity contribution < 1.29 is 0 Å². The normalized spacial score (nSPS) is 14.0. The summed E-state index contributed by atoms with van der Waals surface area (Å²) in [6.45, 7) is 2.13. The molecule has 1 rings (SSSR count). The van der Waals surface area contributed by atoms with Crippen molar-refractivity contribution in [3.05, 3.63) is 22.4 Å². The highest BCUT2D eigenvalue weighted by Crippen LogP contribution is 2.26. The zero-order valence-electron chi connectivity index (χ0n) is 8.23. The highest BCUT2D eigenvalue weighted by atomic mass is 32.1. The van der Waals surface area contributed by atoms with Gasteiger partial charge in [-0.1, -0.05) is 19.4 Å². The number of rotatable bonds is 4. The maximum absolute atomic E-state index is 5.53. The van der Waals surface area contributed by atoms with Crippen molar-refractivity contribution in [2.45, 2.75) is 25.8 Å². The summed E-state index contributed by atoms with van der Waals surface area (Å²) in [5.74, 6) is 5.46. The van der Waals surface area contributed by atoms with Crippen LogP contribution < -0.4 is 17.0 Å². The summed E-state index contributed by atoms with van der Waals surface area (Å²) in [4.78, 5) is 5.52. The van der Waals surface area contributed by atoms with E-state index in [4.69, 9.17) is 11.6 Å². The smallest absolute Gasteiger partial charge is 0.203 e. The van der Waals surface area contributed by atoms with Gasteiger partial charge in [0, 0.05) is 4.88 Å². The Labute approximate surface area is 88.0 Å². The van der Waals surface area contributed by atoms with Crippen LogP contribution in [0.5, 0.6) is 0 Å². The second-order valence-corrected chi connectivity index (χ2v) is 3.96. The van der Waals surface area contributed by atoms with Crippen LogP contribution in [0.15, 0.2) is 22.5 Å². The van der Waals surface area contributed by atoms with Gasteiger partial charge >= 0.3 is 0 Å². The second kappa shape index (κ2) is 5.62. The maximum Gasteiger partial charge on any atom is 0.203 e. The van der Waals surface area contributed by atoms with Crippen molar-refractivity contribution in [1.82, 2.24) is 5.43 Å². The molecule has 1 atom stereocenters. The van der Waals surface area contributed by atoms with Gasteiger partial charge in [0.2, 0.25) is 5.96 Å². The molecule has 1 aromatic rings. The van der Waals surface area contributed by atoms with Gasteiger partial charge in [0.1, 0.15) is 0 Å². The Morgan fingerprint density at radius 1 is 1.71 bits per heavy atom. The van der Waals surface area contributed by atoms with Crippen molar-refractivity contribution in [1.29, 1.82) is 0 Å². The van der Waals surface area contributed by atoms with E-state index in [1.54, 1.807) is 11.3 Å². The third kappa shape index (κ3) is 3.01. The fraction of sp³-hybridized carbons (Fsp3) is 0.444. The van der Waals surface area contributed by atoms with Crippen molar-refractivity contribution in [3.8, 4) is 0 Å². The van der Waals surface area contributed by atoms with E-state index in [2.05, 4.69) is 23.4 Å². The predicted octanol–water partition coefficient (Wildman–Crippen LogP) is 1.37. The molecular weight excluding hydrogens is 196 g/mol. The van der Waals surface area contributed by atoms with E-state index in [0.717, 1.165) is 12.8 Å². The molecule has 0 saturated heterocycles. The van der Waals surface area contributed by atoms with Gasteiger partial charge in [-0.2, -0.15) is 0 Å². The van der Waals surface area contributed by atoms with Crippen LogP contribution >= 0.6 is 11.3 Å². The van der Waals surface area contributed by atoms with Gasteiger partial charge in [0.15, 0.2) is 0 Å². The molecule has 0 saturated carbocycles. The largest absolute Gasteiger partial charge is 0.369 e. The van der Waals surface area contributed by atoms with Crippen molar-refractivity contribution >= 4 is 17.3 Å². The molecule has 0 aliphatic carbocycles. The third-order valence-electron chi connectivity index (χ3n) is 1.88. The molecule has 1 unspecified atom stereocenters. The zero-order chi connectivity index (χ0) is 10.4. The lowest BCUT2D eigenvalue weighted by Gasteiger charge is -2.10. The van der Waals surface area contributed by atoms with Crippen molar-refractivity contribution in [2.75, 3.05) is 0 Å². The second-order valence-electron chi connectivity index (χ2n) is 2.98. The average Bonchev–Trinajstić information content (AvgIpc) is 2.69. The molecule has 78 valence electrons. The summed E-state index contributed by atoms with van der Waals surface area (Å²) in [7, 11) is 0. The van der Waals surface area contributed by atoms with E-state index in [0.29, 0.717) is 0 Å². The number of aliphatic imine (C=N–C) groups is 1. The van der Waals surface area contributed by atoms with Crippen LogP contribution in [0.3, 0.4) is 0 Å². The van der Waals surface area contributed by atoms with Crippen LogP contribution in [0.2, 0.25) is 0 Å². The molecule has 14 heavy (non-hydrogen) atoms. The molecule has 0 amide bonds. The summed E-state index contributed by atoms with van der Waals surface area (Å²) >= 11 is 1.69. The minimum Gasteiger partial charge on any atom is -0.369 e. The molecule has 0 bridgehead atoms. The lowest BCUT2D eigenvalue weighted by Crippen LogP contribution is -2.37. The highest BCUT2D eigenvalue weighted by molar-refractivity contribution is 7.10. The van der Waals surface area contributed by atoms with E-state index in [1.807, 2.05) is 11.4 Å². The molecule has 0 fully saturated rings. The predicted molar refractivity (Wildman–Crippen MR) is 60.9 cm³/mol. The highest BCUT2D eigenvalue weighted by Gasteiger charge is 2.10. The van der Waals surface area contributed by atoms with Gasteiger partial charge < -0.3 is 5.73 Å². The Hall–Kier alpha value is -1.07. The Morgan fingerprint density at radius 2 is 2.50 bits per heavy atom. The number of hydrogen-bond acceptors (Lipinski definition) is 3. The van der Waals surface area contributed by atoms with E-state index in [9.17, 15) is 0 Å². The number of hydrazine groups is 1. The van der Waals surface area contributed by atoms with Crippen LogP contribution in [-0.2, 0) is 0 Å². The monoisotopic (exact) mass is 212 g/mol. The fourth-order valence-corrected chi connectivity index (χ4v) is 2.03. The summed E-state index contributed by atoms with van der Waals surface area (Å²) in [6.07, 6.45) is 2.06. The topological polar surface area (TPSA) is 76.4 Å². The molecule has 5 heteroatoms. The number of nitrogens with two attached hydrogens (primary N) is 2. The van der Waals surface area contributed by atoms with E-state index in [1.165, 1.54) is 4.88 Å². The molecule has 0 spiro atoms. The molecule has 1 aromatic heterocycles. The fourth-order valence-electron chi connectivity index (χ4n) is 1.23. The number of guanidine groups is 1. The first-order valence-electron chi connectivity index (χ1n) is 4.61. The van der Waals surface area contributed by atoms with E-state index in [-0.39, 0.29) is 12.0 Å². The van der Waals surface area contributed by atoms with Gasteiger partial charge in [-0.05, 0) is 17.9 Å². The van der Waals surface area contributed by atoms with Crippen LogP contribution in [0, 0.1) is 0 Å². The Morgan fingerprint density at radius 3 is 3.00 bits per heavy atom. The number of nitrogens with one attached hydrogen (secondary N) is 1. The molecule has 5 N–H and O–H groups in total. The third-order valence-corrected chi connectivity index (χ3v) is 2.85. The van der Waals surface area contributed by atoms with Crippen LogP contribution in [-0.4, -0.2) is 5.96 Å². The molecule has 0 aliphatic rings. The lowest BCUT2D eigenvalue weighted by atomic mass is 10.1. The Kier molecular flexibility index (Phi) is 4.42. The first-order valence-corrected chi connectivity index (χ1v) is 5.49. The van der Waals surface area contributed by atoms with Gasteiger partial charge in [-0.15, -0.1) is 11.3 Å². The van der Waals surface area contributed by atoms with E-state index < -0.39 is 0 Å². The maximum atomic E-state index is 5.53. The first kappa shape index (κ1) is 11.0. The van der Waals surface area contributed by atoms with Crippen LogP contribution in [0.4, 0.5) is 0 Å². The zero-order valence-corrected chi connectivity index (χ0v) is 9.05. The van der Waals surface area contributed by atoms with Crippen LogP contribution in [0.25, 0.3) is 0 Å².